The van der Waals surface area contributed by atoms with Gasteiger partial charge in [0, 0.05) is 35.2 Å². The van der Waals surface area contributed by atoms with Gasteiger partial charge >= 0.3 is 0 Å². The van der Waals surface area contributed by atoms with Gasteiger partial charge in [-0.05, 0) is 48.4 Å². The molecule has 3 aromatic carbocycles. The van der Waals surface area contributed by atoms with Gasteiger partial charge in [0.15, 0.2) is 5.71 Å². The van der Waals surface area contributed by atoms with E-state index >= 15 is 0 Å². The molecule has 1 N–H and O–H groups in total. The molecule has 5 rings (SSSR count). The van der Waals surface area contributed by atoms with Crippen molar-refractivity contribution in [2.75, 3.05) is 25.1 Å². The van der Waals surface area contributed by atoms with E-state index < -0.39 is 10.2 Å². The first-order valence-electron chi connectivity index (χ1n) is 11.5. The SMILES string of the molecule is C[N+]1=C(c2ccccc2)CC(=CC2Sc3ccccc3N2CCCO)c2ccccc21.[O-][Cl+3]([O-])([O-])[O-]. The number of para-hydroxylation sites is 2. The van der Waals surface area contributed by atoms with E-state index in [1.54, 1.807) is 0 Å². The quantitative estimate of drug-likeness (QED) is 0.488. The lowest BCUT2D eigenvalue weighted by molar-refractivity contribution is -2.00. The van der Waals surface area contributed by atoms with Crippen LogP contribution in [-0.2, 0) is 0 Å². The highest BCUT2D eigenvalue weighted by molar-refractivity contribution is 8.00. The van der Waals surface area contributed by atoms with E-state index in [2.05, 4.69) is 101 Å². The summed E-state index contributed by atoms with van der Waals surface area (Å²) in [4.78, 5) is 3.75. The molecule has 2 aliphatic rings. The number of anilines is 1. The fourth-order valence-electron chi connectivity index (χ4n) is 4.56. The Bertz CT molecular complexity index is 1250. The minimum absolute atomic E-state index is 0.214. The van der Waals surface area contributed by atoms with Gasteiger partial charge in [0.05, 0.1) is 17.5 Å². The molecule has 1 atom stereocenters. The van der Waals surface area contributed by atoms with Crippen molar-refractivity contribution in [3.63, 3.8) is 0 Å². The average molecular weight is 527 g/mol. The summed E-state index contributed by atoms with van der Waals surface area (Å²) < 4.78 is 36.3. The van der Waals surface area contributed by atoms with Crippen molar-refractivity contribution in [3.05, 3.63) is 96.1 Å². The van der Waals surface area contributed by atoms with Crippen LogP contribution in [0.5, 0.6) is 0 Å². The summed E-state index contributed by atoms with van der Waals surface area (Å²) >= 11 is 1.91. The molecule has 36 heavy (non-hydrogen) atoms. The molecule has 0 aliphatic carbocycles. The number of hydrogen-bond acceptors (Lipinski definition) is 7. The summed E-state index contributed by atoms with van der Waals surface area (Å²) in [5.41, 5.74) is 7.80. The van der Waals surface area contributed by atoms with E-state index in [9.17, 15) is 5.11 Å². The minimum Gasteiger partial charge on any atom is -0.396 e. The summed E-state index contributed by atoms with van der Waals surface area (Å²) in [6, 6.07) is 28.0. The van der Waals surface area contributed by atoms with Crippen LogP contribution < -0.4 is 23.5 Å². The summed E-state index contributed by atoms with van der Waals surface area (Å²) in [5, 5.41) is 9.67. The Morgan fingerprint density at radius 3 is 2.33 bits per heavy atom. The van der Waals surface area contributed by atoms with Gasteiger partial charge in [0.1, 0.15) is 7.05 Å². The fourth-order valence-corrected chi connectivity index (χ4v) is 5.86. The van der Waals surface area contributed by atoms with E-state index in [1.165, 1.54) is 38.7 Å². The monoisotopic (exact) mass is 526 g/mol. The second-order valence-corrected chi connectivity index (χ2v) is 10.3. The Labute approximate surface area is 217 Å². The number of halogens is 1. The summed E-state index contributed by atoms with van der Waals surface area (Å²) in [6.07, 6.45) is 4.12. The lowest BCUT2D eigenvalue weighted by Crippen LogP contribution is -2.68. The molecule has 0 saturated heterocycles. The molecular weight excluding hydrogens is 500 g/mol. The van der Waals surface area contributed by atoms with Crippen LogP contribution in [0.4, 0.5) is 11.4 Å². The molecule has 9 heteroatoms. The van der Waals surface area contributed by atoms with Crippen molar-refractivity contribution in [1.82, 2.24) is 0 Å². The first kappa shape index (κ1) is 26.4. The molecule has 0 fully saturated rings. The molecule has 1 unspecified atom stereocenters. The normalized spacial score (nSPS) is 18.0. The standard InChI is InChI=1S/C27H27N2OS.ClHO4/c1-28-23-13-6-5-12-22(23)21(18-25(28)20-10-3-2-4-11-20)19-27-29(16-9-17-30)24-14-7-8-15-26(24)31-27;2-1(3,4)5/h2-8,10-15,19,27,30H,9,16-18H2,1H3;(H,2,3,4,5)/q+1;/p-1. The van der Waals surface area contributed by atoms with Gasteiger partial charge in [-0.2, -0.15) is 4.58 Å². The number of nitrogens with zero attached hydrogens (tertiary/aromatic N) is 2. The van der Waals surface area contributed by atoms with E-state index in [0.29, 0.717) is 0 Å². The molecular formula is C27H27ClN2O5S. The molecule has 2 heterocycles. The molecule has 0 bridgehead atoms. The number of allylic oxidation sites excluding steroid dienone is 1. The van der Waals surface area contributed by atoms with Gasteiger partial charge in [-0.15, -0.1) is 10.2 Å². The van der Waals surface area contributed by atoms with Crippen LogP contribution >= 0.6 is 11.8 Å². The van der Waals surface area contributed by atoms with Gasteiger partial charge in [-0.1, -0.05) is 54.2 Å². The van der Waals surface area contributed by atoms with Crippen molar-refractivity contribution in [3.8, 4) is 0 Å². The fraction of sp³-hybridized carbons (Fsp3) is 0.222. The third-order valence-electron chi connectivity index (χ3n) is 6.11. The molecule has 0 aromatic heterocycles. The van der Waals surface area contributed by atoms with Gasteiger partial charge in [-0.3, -0.25) is 0 Å². The zero-order valence-electron chi connectivity index (χ0n) is 19.7. The van der Waals surface area contributed by atoms with Crippen molar-refractivity contribution >= 4 is 34.4 Å². The maximum atomic E-state index is 9.44. The predicted octanol–water partition coefficient (Wildman–Crippen LogP) is 0.802. The molecule has 0 radical (unpaired) electrons. The Kier molecular flexibility index (Phi) is 8.48. The van der Waals surface area contributed by atoms with Crippen LogP contribution in [0, 0.1) is 10.2 Å². The largest absolute Gasteiger partial charge is 0.396 e. The summed E-state index contributed by atoms with van der Waals surface area (Å²) in [5.74, 6) is 0. The zero-order valence-corrected chi connectivity index (χ0v) is 21.3. The van der Waals surface area contributed by atoms with Gasteiger partial charge < -0.3 is 10.0 Å². The van der Waals surface area contributed by atoms with Crippen molar-refractivity contribution < 1.29 is 38.6 Å². The maximum Gasteiger partial charge on any atom is 0.212 e. The predicted molar refractivity (Wildman–Crippen MR) is 131 cm³/mol. The van der Waals surface area contributed by atoms with E-state index in [4.69, 9.17) is 18.6 Å². The van der Waals surface area contributed by atoms with Crippen molar-refractivity contribution in [2.45, 2.75) is 23.1 Å². The topological polar surface area (TPSA) is 119 Å². The molecule has 0 saturated carbocycles. The smallest absolute Gasteiger partial charge is 0.212 e. The molecule has 2 aliphatic heterocycles. The van der Waals surface area contributed by atoms with Gasteiger partial charge in [-0.25, -0.2) is 18.6 Å². The Hall–Kier alpha value is -2.69. The van der Waals surface area contributed by atoms with Crippen LogP contribution in [0.1, 0.15) is 24.0 Å². The van der Waals surface area contributed by atoms with Crippen molar-refractivity contribution in [1.29, 1.82) is 0 Å². The number of hydrogen-bond donors (Lipinski definition) is 1. The van der Waals surface area contributed by atoms with E-state index in [-0.39, 0.29) is 12.0 Å². The van der Waals surface area contributed by atoms with Crippen LogP contribution in [0.3, 0.4) is 0 Å². The lowest BCUT2D eigenvalue weighted by atomic mass is 9.91. The summed E-state index contributed by atoms with van der Waals surface area (Å²) in [6.45, 7) is 1.07. The van der Waals surface area contributed by atoms with Gasteiger partial charge in [0.25, 0.3) is 0 Å². The number of fused-ring (bicyclic) bond motifs is 2. The third-order valence-corrected chi connectivity index (χ3v) is 7.34. The molecule has 188 valence electrons. The molecule has 3 aromatic rings. The second kappa shape index (κ2) is 11.6. The number of thioether (sulfide) groups is 1. The second-order valence-electron chi connectivity index (χ2n) is 8.38. The zero-order chi connectivity index (χ0) is 25.7. The van der Waals surface area contributed by atoms with Crippen LogP contribution in [0.2, 0.25) is 0 Å². The maximum absolute atomic E-state index is 9.44. The van der Waals surface area contributed by atoms with Crippen LogP contribution in [0.15, 0.2) is 89.8 Å². The van der Waals surface area contributed by atoms with Crippen LogP contribution in [0.25, 0.3) is 5.57 Å². The highest BCUT2D eigenvalue weighted by Crippen LogP contribution is 2.45. The number of rotatable bonds is 5. The average Bonchev–Trinajstić information content (AvgIpc) is 3.21. The van der Waals surface area contributed by atoms with E-state index in [0.717, 1.165) is 19.4 Å². The highest BCUT2D eigenvalue weighted by Gasteiger charge is 2.32. The summed E-state index contributed by atoms with van der Waals surface area (Å²) in [7, 11) is -2.77. The first-order chi connectivity index (χ1) is 17.3. The molecule has 7 nitrogen and oxygen atoms in total. The Morgan fingerprint density at radius 1 is 0.972 bits per heavy atom. The van der Waals surface area contributed by atoms with Crippen LogP contribution in [-0.4, -0.2) is 41.0 Å². The Morgan fingerprint density at radius 2 is 1.61 bits per heavy atom. The minimum atomic E-state index is -4.94. The third kappa shape index (κ3) is 6.35. The Balaban J connectivity index is 0.000000556. The first-order valence-corrected chi connectivity index (χ1v) is 13.6. The van der Waals surface area contributed by atoms with Crippen molar-refractivity contribution in [2.24, 2.45) is 0 Å². The molecule has 0 amide bonds. The number of benzene rings is 3. The highest BCUT2D eigenvalue weighted by atomic mass is 35.7. The van der Waals surface area contributed by atoms with E-state index in [1.807, 2.05) is 11.8 Å². The van der Waals surface area contributed by atoms with Gasteiger partial charge in [0.2, 0.25) is 5.69 Å². The number of aliphatic hydroxyl groups is 1. The molecule has 0 spiro atoms. The lowest BCUT2D eigenvalue weighted by Gasteiger charge is -2.26. The number of aliphatic hydroxyl groups excluding tert-OH is 1.